The minimum atomic E-state index is -4.37. The zero-order valence-corrected chi connectivity index (χ0v) is 39.7. The number of hydrogen-bond donors (Lipinski definition) is 1. The molecule has 58 heavy (non-hydrogen) atoms. The average molecular weight is 845 g/mol. The van der Waals surface area contributed by atoms with Crippen LogP contribution in [0.2, 0.25) is 0 Å². The van der Waals surface area contributed by atoms with E-state index in [9.17, 15) is 19.0 Å². The van der Waals surface area contributed by atoms with E-state index in [2.05, 4.69) is 26.0 Å². The van der Waals surface area contributed by atoms with E-state index >= 15 is 0 Å². The predicted octanol–water partition coefficient (Wildman–Crippen LogP) is 14.1. The summed E-state index contributed by atoms with van der Waals surface area (Å²) in [5.41, 5.74) is 0. The highest BCUT2D eigenvalue weighted by Gasteiger charge is 2.27. The van der Waals surface area contributed by atoms with Crippen molar-refractivity contribution in [3.8, 4) is 0 Å². The number of rotatable bonds is 45. The highest BCUT2D eigenvalue weighted by molar-refractivity contribution is 7.47. The lowest BCUT2D eigenvalue weighted by molar-refractivity contribution is -0.870. The zero-order chi connectivity index (χ0) is 42.8. The lowest BCUT2D eigenvalue weighted by Crippen LogP contribution is -2.37. The van der Waals surface area contributed by atoms with Crippen molar-refractivity contribution in [1.82, 2.24) is 0 Å². The molecule has 10 heteroatoms. The molecule has 1 N–H and O–H groups in total. The van der Waals surface area contributed by atoms with Crippen molar-refractivity contribution in [2.45, 2.75) is 238 Å². The molecule has 9 nitrogen and oxygen atoms in total. The fourth-order valence-corrected chi connectivity index (χ4v) is 7.69. The molecule has 2 atom stereocenters. The maximum atomic E-state index is 12.7. The maximum Gasteiger partial charge on any atom is 0.472 e. The number of likely N-dealkylation sites (N-methyl/N-ethyl adjacent to an activating group) is 1. The molecule has 0 aliphatic rings. The number of carbonyl (C=O) groups excluding carboxylic acids is 2. The van der Waals surface area contributed by atoms with E-state index < -0.39 is 26.5 Å². The second-order valence-electron chi connectivity index (χ2n) is 17.9. The van der Waals surface area contributed by atoms with Crippen LogP contribution < -0.4 is 0 Å². The third kappa shape index (κ3) is 44.3. The van der Waals surface area contributed by atoms with Crippen LogP contribution in [0.3, 0.4) is 0 Å². The Balaban J connectivity index is 4.23. The highest BCUT2D eigenvalue weighted by atomic mass is 31.2. The molecule has 0 bridgehead atoms. The number of quaternary nitrogens is 1. The standard InChI is InChI=1S/C48H94NO8P/c1-6-8-10-12-14-16-18-20-21-22-23-24-25-26-27-29-31-33-35-37-39-41-48(51)57-46(45-56-58(52,53)55-43-42-49(3,4)5)44-54-47(50)40-38-36-34-32-30-28-19-17-15-13-11-9-7-2/h20-21,46H,6-19,22-45H2,1-5H3/p+1/b21-20+/t46-/m1/s1. The highest BCUT2D eigenvalue weighted by Crippen LogP contribution is 2.43. The van der Waals surface area contributed by atoms with E-state index in [1.54, 1.807) is 0 Å². The van der Waals surface area contributed by atoms with Crippen LogP contribution in [-0.4, -0.2) is 74.9 Å². The molecule has 0 saturated carbocycles. The van der Waals surface area contributed by atoms with Gasteiger partial charge in [-0.2, -0.15) is 0 Å². The van der Waals surface area contributed by atoms with Gasteiger partial charge in [0.2, 0.25) is 0 Å². The molecule has 344 valence electrons. The van der Waals surface area contributed by atoms with Gasteiger partial charge in [0, 0.05) is 12.8 Å². The Hall–Kier alpha value is -1.25. The van der Waals surface area contributed by atoms with E-state index in [0.717, 1.165) is 32.1 Å². The average Bonchev–Trinajstić information content (AvgIpc) is 3.17. The first kappa shape index (κ1) is 56.8. The normalized spacial score (nSPS) is 13.6. The summed E-state index contributed by atoms with van der Waals surface area (Å²) in [7, 11) is 1.49. The number of hydrogen-bond acceptors (Lipinski definition) is 7. The molecule has 0 rings (SSSR count). The molecule has 0 aliphatic carbocycles. The summed E-state index contributed by atoms with van der Waals surface area (Å²) >= 11 is 0. The minimum Gasteiger partial charge on any atom is -0.462 e. The summed E-state index contributed by atoms with van der Waals surface area (Å²) < 4.78 is 34.4. The molecular formula is C48H95NO8P+. The van der Waals surface area contributed by atoms with E-state index in [1.807, 2.05) is 21.1 Å². The van der Waals surface area contributed by atoms with Crippen molar-refractivity contribution in [2.75, 3.05) is 47.5 Å². The summed E-state index contributed by atoms with van der Waals surface area (Å²) in [6.07, 6.45) is 44.0. The van der Waals surface area contributed by atoms with Crippen LogP contribution in [0.1, 0.15) is 232 Å². The minimum absolute atomic E-state index is 0.0350. The summed E-state index contributed by atoms with van der Waals surface area (Å²) in [5.74, 6) is -0.787. The van der Waals surface area contributed by atoms with E-state index in [1.165, 1.54) is 167 Å². The summed E-state index contributed by atoms with van der Waals surface area (Å²) in [6.45, 7) is 4.45. The van der Waals surface area contributed by atoms with Gasteiger partial charge < -0.3 is 18.9 Å². The van der Waals surface area contributed by atoms with Crippen molar-refractivity contribution >= 4 is 19.8 Å². The van der Waals surface area contributed by atoms with E-state index in [-0.39, 0.29) is 25.6 Å². The molecule has 0 radical (unpaired) electrons. The maximum absolute atomic E-state index is 12.7. The first-order valence-electron chi connectivity index (χ1n) is 24.4. The Bertz CT molecular complexity index is 1000. The van der Waals surface area contributed by atoms with Crippen LogP contribution in [-0.2, 0) is 32.7 Å². The third-order valence-electron chi connectivity index (χ3n) is 10.8. The number of phosphoric ester groups is 1. The van der Waals surface area contributed by atoms with Crippen LogP contribution in [0.15, 0.2) is 12.2 Å². The Labute approximate surface area is 358 Å². The first-order chi connectivity index (χ1) is 28.0. The Morgan fingerprint density at radius 3 is 1.28 bits per heavy atom. The largest absolute Gasteiger partial charge is 0.472 e. The summed E-state index contributed by atoms with van der Waals surface area (Å²) in [4.78, 5) is 35.4. The predicted molar refractivity (Wildman–Crippen MR) is 243 cm³/mol. The van der Waals surface area contributed by atoms with E-state index in [4.69, 9.17) is 18.5 Å². The monoisotopic (exact) mass is 845 g/mol. The van der Waals surface area contributed by atoms with Gasteiger partial charge in [-0.15, -0.1) is 0 Å². The zero-order valence-electron chi connectivity index (χ0n) is 38.8. The number of esters is 2. The van der Waals surface area contributed by atoms with Gasteiger partial charge in [-0.3, -0.25) is 18.6 Å². The molecular weight excluding hydrogens is 750 g/mol. The second kappa shape index (κ2) is 41.1. The number of phosphoric acid groups is 1. The quantitative estimate of drug-likeness (QED) is 0.0212. The topological polar surface area (TPSA) is 108 Å². The molecule has 0 spiro atoms. The molecule has 0 aromatic rings. The number of unbranched alkanes of at least 4 members (excludes halogenated alkanes) is 29. The van der Waals surface area contributed by atoms with Crippen molar-refractivity contribution in [3.05, 3.63) is 12.2 Å². The third-order valence-corrected chi connectivity index (χ3v) is 11.8. The van der Waals surface area contributed by atoms with Gasteiger partial charge >= 0.3 is 19.8 Å². The Morgan fingerprint density at radius 2 is 0.879 bits per heavy atom. The smallest absolute Gasteiger partial charge is 0.462 e. The van der Waals surface area contributed by atoms with E-state index in [0.29, 0.717) is 23.9 Å². The summed E-state index contributed by atoms with van der Waals surface area (Å²) in [5, 5.41) is 0. The molecule has 0 heterocycles. The number of ether oxygens (including phenoxy) is 2. The van der Waals surface area contributed by atoms with Crippen molar-refractivity contribution in [2.24, 2.45) is 0 Å². The van der Waals surface area contributed by atoms with Gasteiger partial charge in [0.25, 0.3) is 0 Å². The van der Waals surface area contributed by atoms with Crippen LogP contribution in [0.5, 0.6) is 0 Å². The van der Waals surface area contributed by atoms with Crippen LogP contribution in [0.4, 0.5) is 0 Å². The number of nitrogens with zero attached hydrogens (tertiary/aromatic N) is 1. The SMILES string of the molecule is CCCCCCCC/C=C/CCCCCCCCCCCCCC(=O)O[C@H](COC(=O)CCCCCCCCCCCCCCC)COP(=O)(O)OCC[N+](C)(C)C. The second-order valence-corrected chi connectivity index (χ2v) is 19.3. The Kier molecular flexibility index (Phi) is 40.2. The molecule has 0 aromatic heterocycles. The molecule has 0 amide bonds. The van der Waals surface area contributed by atoms with Gasteiger partial charge in [0.05, 0.1) is 27.7 Å². The van der Waals surface area contributed by atoms with Gasteiger partial charge in [0.15, 0.2) is 6.10 Å². The van der Waals surface area contributed by atoms with Gasteiger partial charge in [-0.05, 0) is 38.5 Å². The van der Waals surface area contributed by atoms with Gasteiger partial charge in [-0.1, -0.05) is 193 Å². The van der Waals surface area contributed by atoms with Gasteiger partial charge in [0.1, 0.15) is 19.8 Å². The van der Waals surface area contributed by atoms with Crippen LogP contribution in [0.25, 0.3) is 0 Å². The van der Waals surface area contributed by atoms with Crippen molar-refractivity contribution < 1.29 is 42.1 Å². The Morgan fingerprint density at radius 1 is 0.517 bits per heavy atom. The molecule has 0 aliphatic heterocycles. The first-order valence-corrected chi connectivity index (χ1v) is 25.9. The van der Waals surface area contributed by atoms with Crippen LogP contribution >= 0.6 is 7.82 Å². The fourth-order valence-electron chi connectivity index (χ4n) is 6.95. The van der Waals surface area contributed by atoms with Crippen molar-refractivity contribution in [1.29, 1.82) is 0 Å². The lowest BCUT2D eigenvalue weighted by Gasteiger charge is -2.24. The molecule has 0 fully saturated rings. The molecule has 1 unspecified atom stereocenters. The lowest BCUT2D eigenvalue weighted by atomic mass is 10.0. The number of allylic oxidation sites excluding steroid dienone is 2. The molecule has 0 saturated heterocycles. The van der Waals surface area contributed by atoms with Crippen LogP contribution in [0, 0.1) is 0 Å². The van der Waals surface area contributed by atoms with Crippen molar-refractivity contribution in [3.63, 3.8) is 0 Å². The fraction of sp³-hybridized carbons (Fsp3) is 0.917. The number of carbonyl (C=O) groups is 2. The summed E-state index contributed by atoms with van der Waals surface area (Å²) in [6, 6.07) is 0. The van der Waals surface area contributed by atoms with Gasteiger partial charge in [-0.25, -0.2) is 4.57 Å². The molecule has 0 aromatic carbocycles.